The molecule has 24 heavy (non-hydrogen) atoms. The van der Waals surface area contributed by atoms with E-state index in [4.69, 9.17) is 0 Å². The zero-order chi connectivity index (χ0) is 17.5. The molecule has 0 saturated heterocycles. The molecule has 7 heteroatoms. The number of anilines is 2. The van der Waals surface area contributed by atoms with Crippen LogP contribution in [0.15, 0.2) is 53.4 Å². The first-order valence-electron chi connectivity index (χ1n) is 7.24. The number of alkyl halides is 2. The minimum Gasteiger partial charge on any atom is -0.326 e. The Bertz CT molecular complexity index is 721. The van der Waals surface area contributed by atoms with Gasteiger partial charge in [-0.3, -0.25) is 9.59 Å². The molecule has 0 aromatic heterocycles. The van der Waals surface area contributed by atoms with E-state index in [2.05, 4.69) is 10.6 Å². The number of benzene rings is 2. The minimum absolute atomic E-state index is 0.120. The fraction of sp³-hybridized carbons (Fsp3) is 0.176. The molecule has 0 aliphatic heterocycles. The quantitative estimate of drug-likeness (QED) is 0.749. The molecule has 126 valence electrons. The van der Waals surface area contributed by atoms with Crippen LogP contribution < -0.4 is 10.6 Å². The SMILES string of the molecule is CCC(=O)Nc1cccc(NC(=O)c2ccc(SC(F)F)cc2)c1. The summed E-state index contributed by atoms with van der Waals surface area (Å²) in [5, 5.41) is 5.41. The first-order valence-corrected chi connectivity index (χ1v) is 8.12. The molecule has 0 heterocycles. The number of nitrogens with one attached hydrogen (secondary N) is 2. The maximum Gasteiger partial charge on any atom is 0.288 e. The average Bonchev–Trinajstić information content (AvgIpc) is 2.55. The molecule has 0 spiro atoms. The summed E-state index contributed by atoms with van der Waals surface area (Å²) in [6.45, 7) is 1.75. The van der Waals surface area contributed by atoms with Crippen molar-refractivity contribution in [2.45, 2.75) is 24.0 Å². The van der Waals surface area contributed by atoms with Crippen molar-refractivity contribution >= 4 is 35.0 Å². The van der Waals surface area contributed by atoms with E-state index >= 15 is 0 Å². The predicted octanol–water partition coefficient (Wildman–Crippen LogP) is 4.60. The highest BCUT2D eigenvalue weighted by molar-refractivity contribution is 7.99. The van der Waals surface area contributed by atoms with Gasteiger partial charge in [0.2, 0.25) is 5.91 Å². The molecule has 0 fully saturated rings. The van der Waals surface area contributed by atoms with Gasteiger partial charge in [-0.05, 0) is 42.5 Å². The van der Waals surface area contributed by atoms with Crippen LogP contribution >= 0.6 is 11.8 Å². The van der Waals surface area contributed by atoms with E-state index in [0.717, 1.165) is 0 Å². The number of carbonyl (C=O) groups excluding carboxylic acids is 2. The lowest BCUT2D eigenvalue weighted by Crippen LogP contribution is -2.13. The van der Waals surface area contributed by atoms with Crippen LogP contribution in [0.4, 0.5) is 20.2 Å². The van der Waals surface area contributed by atoms with Crippen LogP contribution in [0.5, 0.6) is 0 Å². The van der Waals surface area contributed by atoms with E-state index in [1.165, 1.54) is 24.3 Å². The Morgan fingerprint density at radius 3 is 2.25 bits per heavy atom. The summed E-state index contributed by atoms with van der Waals surface area (Å²) in [5.74, 6) is -2.97. The molecule has 2 amide bonds. The van der Waals surface area contributed by atoms with Gasteiger partial charge in [-0.2, -0.15) is 8.78 Å². The van der Waals surface area contributed by atoms with Crippen molar-refractivity contribution in [2.24, 2.45) is 0 Å². The van der Waals surface area contributed by atoms with Crippen molar-refractivity contribution in [1.82, 2.24) is 0 Å². The van der Waals surface area contributed by atoms with Crippen LogP contribution in [0, 0.1) is 0 Å². The third-order valence-electron chi connectivity index (χ3n) is 3.07. The van der Waals surface area contributed by atoms with Crippen LogP contribution in [0.2, 0.25) is 0 Å². The molecule has 0 radical (unpaired) electrons. The van der Waals surface area contributed by atoms with Crippen molar-refractivity contribution in [3.05, 3.63) is 54.1 Å². The van der Waals surface area contributed by atoms with Gasteiger partial charge >= 0.3 is 0 Å². The Balaban J connectivity index is 2.03. The van der Waals surface area contributed by atoms with Gasteiger partial charge in [-0.25, -0.2) is 0 Å². The van der Waals surface area contributed by atoms with Crippen molar-refractivity contribution in [1.29, 1.82) is 0 Å². The van der Waals surface area contributed by atoms with E-state index in [1.807, 2.05) is 0 Å². The third-order valence-corrected chi connectivity index (χ3v) is 3.79. The summed E-state index contributed by atoms with van der Waals surface area (Å²) in [4.78, 5) is 24.0. The Morgan fingerprint density at radius 1 is 1.04 bits per heavy atom. The molecule has 4 nitrogen and oxygen atoms in total. The Morgan fingerprint density at radius 2 is 1.67 bits per heavy atom. The van der Waals surface area contributed by atoms with E-state index in [0.29, 0.717) is 40.0 Å². The minimum atomic E-state index is -2.49. The molecule has 2 aromatic rings. The molecular weight excluding hydrogens is 334 g/mol. The number of rotatable bonds is 6. The Labute approximate surface area is 142 Å². The number of halogens is 2. The summed E-state index contributed by atoms with van der Waals surface area (Å²) in [6.07, 6.45) is 0.361. The number of hydrogen-bond donors (Lipinski definition) is 2. The first kappa shape index (κ1) is 17.9. The first-order chi connectivity index (χ1) is 11.5. The molecule has 0 aliphatic rings. The number of thioether (sulfide) groups is 1. The molecular formula is C17H16F2N2O2S. The maximum absolute atomic E-state index is 12.3. The number of amides is 2. The molecule has 0 saturated carbocycles. The summed E-state index contributed by atoms with van der Waals surface area (Å²) >= 11 is 0.427. The zero-order valence-corrected chi connectivity index (χ0v) is 13.7. The van der Waals surface area contributed by atoms with Gasteiger partial charge < -0.3 is 10.6 Å². The molecule has 2 aromatic carbocycles. The second kappa shape index (κ2) is 8.44. The monoisotopic (exact) mass is 350 g/mol. The zero-order valence-electron chi connectivity index (χ0n) is 12.9. The van der Waals surface area contributed by atoms with Crippen LogP contribution in [0.1, 0.15) is 23.7 Å². The second-order valence-electron chi connectivity index (χ2n) is 4.84. The summed E-state index contributed by atoms with van der Waals surface area (Å²) in [7, 11) is 0. The highest BCUT2D eigenvalue weighted by Crippen LogP contribution is 2.25. The fourth-order valence-electron chi connectivity index (χ4n) is 1.92. The lowest BCUT2D eigenvalue weighted by Gasteiger charge is -2.09. The van der Waals surface area contributed by atoms with Gasteiger partial charge in [-0.15, -0.1) is 0 Å². The van der Waals surface area contributed by atoms with Gasteiger partial charge in [0.15, 0.2) is 0 Å². The Hall–Kier alpha value is -2.41. The molecule has 0 aliphatic carbocycles. The van der Waals surface area contributed by atoms with Gasteiger partial charge in [-0.1, -0.05) is 24.8 Å². The largest absolute Gasteiger partial charge is 0.326 e. The normalized spacial score (nSPS) is 10.5. The predicted molar refractivity (Wildman–Crippen MR) is 91.6 cm³/mol. The molecule has 0 bridgehead atoms. The van der Waals surface area contributed by atoms with Gasteiger partial charge in [0.25, 0.3) is 11.7 Å². The average molecular weight is 350 g/mol. The summed E-state index contributed by atoms with van der Waals surface area (Å²) in [6, 6.07) is 12.7. The van der Waals surface area contributed by atoms with Gasteiger partial charge in [0, 0.05) is 28.3 Å². The van der Waals surface area contributed by atoms with Crippen molar-refractivity contribution < 1.29 is 18.4 Å². The Kier molecular flexibility index (Phi) is 6.31. The van der Waals surface area contributed by atoms with Crippen molar-refractivity contribution in [3.8, 4) is 0 Å². The van der Waals surface area contributed by atoms with Crippen LogP contribution in [-0.4, -0.2) is 17.6 Å². The van der Waals surface area contributed by atoms with E-state index in [9.17, 15) is 18.4 Å². The summed E-state index contributed by atoms with van der Waals surface area (Å²) in [5.41, 5.74) is 1.47. The lowest BCUT2D eigenvalue weighted by molar-refractivity contribution is -0.115. The van der Waals surface area contributed by atoms with Crippen LogP contribution in [-0.2, 0) is 4.79 Å². The van der Waals surface area contributed by atoms with Gasteiger partial charge in [0.05, 0.1) is 0 Å². The maximum atomic E-state index is 12.3. The highest BCUT2D eigenvalue weighted by Gasteiger charge is 2.09. The third kappa shape index (κ3) is 5.34. The summed E-state index contributed by atoms with van der Waals surface area (Å²) < 4.78 is 24.5. The number of carbonyl (C=O) groups is 2. The van der Waals surface area contributed by atoms with Crippen molar-refractivity contribution in [3.63, 3.8) is 0 Å². The second-order valence-corrected chi connectivity index (χ2v) is 5.90. The topological polar surface area (TPSA) is 58.2 Å². The van der Waals surface area contributed by atoms with Gasteiger partial charge in [0.1, 0.15) is 0 Å². The van der Waals surface area contributed by atoms with Crippen molar-refractivity contribution in [2.75, 3.05) is 10.6 Å². The highest BCUT2D eigenvalue weighted by atomic mass is 32.2. The molecule has 2 N–H and O–H groups in total. The van der Waals surface area contributed by atoms with E-state index in [1.54, 1.807) is 31.2 Å². The molecule has 0 unspecified atom stereocenters. The smallest absolute Gasteiger partial charge is 0.288 e. The van der Waals surface area contributed by atoms with E-state index < -0.39 is 5.76 Å². The fourth-order valence-corrected chi connectivity index (χ4v) is 2.41. The lowest BCUT2D eigenvalue weighted by atomic mass is 10.2. The van der Waals surface area contributed by atoms with Crippen LogP contribution in [0.3, 0.4) is 0 Å². The number of hydrogen-bond acceptors (Lipinski definition) is 3. The molecule has 2 rings (SSSR count). The standard InChI is InChI=1S/C17H16F2N2O2S/c1-2-15(22)20-12-4-3-5-13(10-12)21-16(23)11-6-8-14(9-7-11)24-17(18)19/h3-10,17H,2H2,1H3,(H,20,22)(H,21,23). The van der Waals surface area contributed by atoms with Crippen LogP contribution in [0.25, 0.3) is 0 Å². The molecule has 0 atom stereocenters. The van der Waals surface area contributed by atoms with E-state index in [-0.39, 0.29) is 11.8 Å².